The Morgan fingerprint density at radius 3 is 2.63 bits per heavy atom. The average Bonchev–Trinajstić information content (AvgIpc) is 3.13. The van der Waals surface area contributed by atoms with Crippen LogP contribution >= 0.6 is 0 Å². The van der Waals surface area contributed by atoms with Gasteiger partial charge in [0.25, 0.3) is 5.91 Å². The molecule has 2 fully saturated rings. The van der Waals surface area contributed by atoms with E-state index in [0.29, 0.717) is 42.3 Å². The zero-order chi connectivity index (χ0) is 21.1. The van der Waals surface area contributed by atoms with Crippen LogP contribution in [0.25, 0.3) is 11.0 Å². The van der Waals surface area contributed by atoms with Gasteiger partial charge in [0.2, 0.25) is 0 Å². The number of nitrogens with zero attached hydrogens (tertiary/aromatic N) is 5. The third-order valence-corrected chi connectivity index (χ3v) is 5.27. The minimum Gasteiger partial charge on any atom is -0.478 e. The van der Waals surface area contributed by atoms with Crippen molar-refractivity contribution in [2.45, 2.75) is 37.8 Å². The summed E-state index contributed by atoms with van der Waals surface area (Å²) in [6.07, 6.45) is 7.56. The zero-order valence-electron chi connectivity index (χ0n) is 16.3. The number of rotatable bonds is 8. The number of carbonyl (C=O) groups is 3. The van der Waals surface area contributed by atoms with Gasteiger partial charge in [-0.1, -0.05) is 0 Å². The van der Waals surface area contributed by atoms with E-state index in [4.69, 9.17) is 9.84 Å². The maximum absolute atomic E-state index is 12.7. The van der Waals surface area contributed by atoms with Crippen molar-refractivity contribution >= 4 is 34.7 Å². The molecule has 11 heteroatoms. The van der Waals surface area contributed by atoms with Crippen molar-refractivity contribution in [3.05, 3.63) is 24.7 Å². The van der Waals surface area contributed by atoms with Crippen molar-refractivity contribution in [2.24, 2.45) is 0 Å². The van der Waals surface area contributed by atoms with Gasteiger partial charge in [-0.3, -0.25) is 4.79 Å². The minimum absolute atomic E-state index is 0.292. The van der Waals surface area contributed by atoms with E-state index in [1.165, 1.54) is 19.2 Å². The predicted molar refractivity (Wildman–Crippen MR) is 104 cm³/mol. The maximum atomic E-state index is 12.7. The number of hydrogen-bond acceptors (Lipinski definition) is 8. The van der Waals surface area contributed by atoms with Gasteiger partial charge in [-0.2, -0.15) is 5.10 Å². The Bertz CT molecular complexity index is 1010. The number of hydrogen-bond donors (Lipinski definition) is 2. The molecular formula is C19H22N6O5. The largest absolute Gasteiger partial charge is 0.478 e. The lowest BCUT2D eigenvalue weighted by molar-refractivity contribution is -0.152. The van der Waals surface area contributed by atoms with Gasteiger partial charge >= 0.3 is 11.9 Å². The van der Waals surface area contributed by atoms with E-state index in [-0.39, 0.29) is 0 Å². The molecule has 11 nitrogen and oxygen atoms in total. The summed E-state index contributed by atoms with van der Waals surface area (Å²) in [6, 6.07) is 0. The summed E-state index contributed by atoms with van der Waals surface area (Å²) in [5, 5.41) is 16.3. The first-order chi connectivity index (χ1) is 14.5. The molecule has 1 amide bonds. The van der Waals surface area contributed by atoms with Gasteiger partial charge in [-0.15, -0.1) is 0 Å². The molecule has 4 rings (SSSR count). The molecule has 0 aromatic carbocycles. The lowest BCUT2D eigenvalue weighted by Gasteiger charge is -2.15. The van der Waals surface area contributed by atoms with Gasteiger partial charge in [0.15, 0.2) is 11.2 Å². The number of fused-ring (bicyclic) bond motifs is 1. The lowest BCUT2D eigenvalue weighted by atomic mass is 10.3. The number of amides is 1. The summed E-state index contributed by atoms with van der Waals surface area (Å²) in [5.41, 5.74) is -0.686. The topological polar surface area (TPSA) is 140 Å². The Balaban J connectivity index is 1.44. The maximum Gasteiger partial charge on any atom is 0.332 e. The molecule has 1 aliphatic carbocycles. The van der Waals surface area contributed by atoms with Crippen LogP contribution in [0.3, 0.4) is 0 Å². The Labute approximate surface area is 171 Å². The average molecular weight is 414 g/mol. The van der Waals surface area contributed by atoms with Crippen LogP contribution in [0.1, 0.15) is 25.7 Å². The van der Waals surface area contributed by atoms with Gasteiger partial charge < -0.3 is 20.1 Å². The highest BCUT2D eigenvalue weighted by Crippen LogP contribution is 2.41. The molecule has 2 N–H and O–H groups in total. The molecule has 2 aliphatic rings. The van der Waals surface area contributed by atoms with Gasteiger partial charge in [-0.05, 0) is 25.9 Å². The van der Waals surface area contributed by atoms with Crippen molar-refractivity contribution in [1.82, 2.24) is 24.6 Å². The minimum atomic E-state index is -1.30. The summed E-state index contributed by atoms with van der Waals surface area (Å²) in [4.78, 5) is 45.8. The molecule has 158 valence electrons. The van der Waals surface area contributed by atoms with Crippen LogP contribution in [-0.4, -0.2) is 72.8 Å². The fraction of sp³-hybridized carbons (Fsp3) is 0.474. The fourth-order valence-electron chi connectivity index (χ4n) is 3.47. The van der Waals surface area contributed by atoms with Crippen molar-refractivity contribution in [3.8, 4) is 0 Å². The first kappa shape index (κ1) is 20.0. The van der Waals surface area contributed by atoms with E-state index >= 15 is 0 Å². The summed E-state index contributed by atoms with van der Waals surface area (Å²) < 4.78 is 6.96. The Morgan fingerprint density at radius 1 is 1.17 bits per heavy atom. The molecule has 0 unspecified atom stereocenters. The molecule has 0 bridgehead atoms. The second kappa shape index (κ2) is 8.19. The molecule has 2 aromatic rings. The van der Waals surface area contributed by atoms with E-state index in [0.717, 1.165) is 25.7 Å². The van der Waals surface area contributed by atoms with E-state index < -0.39 is 23.4 Å². The number of aromatic nitrogens is 4. The summed E-state index contributed by atoms with van der Waals surface area (Å²) >= 11 is 0. The second-order valence-corrected chi connectivity index (χ2v) is 7.42. The van der Waals surface area contributed by atoms with E-state index in [9.17, 15) is 14.4 Å². The first-order valence-electron chi connectivity index (χ1n) is 9.81. The number of carboxylic acid groups (broad SMARTS) is 1. The molecule has 0 radical (unpaired) electrons. The Morgan fingerprint density at radius 2 is 1.93 bits per heavy atom. The highest BCUT2D eigenvalue weighted by Gasteiger charge is 2.54. The molecule has 0 spiro atoms. The zero-order valence-corrected chi connectivity index (χ0v) is 16.3. The van der Waals surface area contributed by atoms with Crippen molar-refractivity contribution in [2.75, 3.05) is 25.0 Å². The third kappa shape index (κ3) is 4.30. The van der Waals surface area contributed by atoms with Crippen LogP contribution in [0.15, 0.2) is 24.7 Å². The lowest BCUT2D eigenvalue weighted by Crippen LogP contribution is -2.34. The number of anilines is 1. The number of likely N-dealkylation sites (tertiary alicyclic amines) is 1. The summed E-state index contributed by atoms with van der Waals surface area (Å²) in [6.45, 7) is 3.76. The number of ether oxygens (including phenoxy) is 1. The number of aliphatic carboxylic acids is 1. The van der Waals surface area contributed by atoms with Crippen LogP contribution in [0, 0.1) is 0 Å². The van der Waals surface area contributed by atoms with Crippen molar-refractivity contribution in [3.63, 3.8) is 0 Å². The van der Waals surface area contributed by atoms with Crippen LogP contribution in [0.5, 0.6) is 0 Å². The van der Waals surface area contributed by atoms with Gasteiger partial charge in [-0.25, -0.2) is 24.2 Å². The van der Waals surface area contributed by atoms with Gasteiger partial charge in [0.1, 0.15) is 12.1 Å². The summed E-state index contributed by atoms with van der Waals surface area (Å²) in [5.74, 6) is -2.37. The highest BCUT2D eigenvalue weighted by molar-refractivity contribution is 6.05. The van der Waals surface area contributed by atoms with E-state index in [2.05, 4.69) is 25.3 Å². The van der Waals surface area contributed by atoms with Gasteiger partial charge in [0, 0.05) is 31.5 Å². The summed E-state index contributed by atoms with van der Waals surface area (Å²) in [7, 11) is 0. The molecule has 0 atom stereocenters. The van der Waals surface area contributed by atoms with E-state index in [1.54, 1.807) is 10.9 Å². The SMILES string of the molecule is O=C(O)/C=C\C(=O)OC1(C(=O)Nc2ncnc3c2cnn3CCN2CCCC2)CC1. The smallest absolute Gasteiger partial charge is 0.332 e. The molecule has 3 heterocycles. The quantitative estimate of drug-likeness (QED) is 0.469. The van der Waals surface area contributed by atoms with Crippen molar-refractivity contribution < 1.29 is 24.2 Å². The standard InChI is InChI=1S/C19H22N6O5/c26-14(27)3-4-15(28)30-19(5-6-19)18(29)23-16-13-11-22-25(17(13)21-12-20-16)10-9-24-7-1-2-8-24/h3-4,11-12H,1-2,5-10H2,(H,26,27)(H,20,21,23,29)/b4-3-. The van der Waals surface area contributed by atoms with Crippen LogP contribution in [0.2, 0.25) is 0 Å². The second-order valence-electron chi connectivity index (χ2n) is 7.42. The van der Waals surface area contributed by atoms with Crippen LogP contribution in [-0.2, 0) is 25.7 Å². The van der Waals surface area contributed by atoms with E-state index in [1.807, 2.05) is 0 Å². The monoisotopic (exact) mass is 414 g/mol. The molecule has 2 aromatic heterocycles. The van der Waals surface area contributed by atoms with Crippen LogP contribution < -0.4 is 5.32 Å². The molecular weight excluding hydrogens is 392 g/mol. The third-order valence-electron chi connectivity index (χ3n) is 5.27. The number of carbonyl (C=O) groups excluding carboxylic acids is 2. The predicted octanol–water partition coefficient (Wildman–Crippen LogP) is 0.577. The fourth-order valence-corrected chi connectivity index (χ4v) is 3.47. The molecule has 30 heavy (non-hydrogen) atoms. The first-order valence-corrected chi connectivity index (χ1v) is 9.81. The molecule has 1 saturated heterocycles. The highest BCUT2D eigenvalue weighted by atomic mass is 16.6. The molecule has 1 aliphatic heterocycles. The number of nitrogens with one attached hydrogen (secondary N) is 1. The number of carboxylic acids is 1. The van der Waals surface area contributed by atoms with Crippen molar-refractivity contribution in [1.29, 1.82) is 0 Å². The Hall–Kier alpha value is -3.34. The Kier molecular flexibility index (Phi) is 5.44. The molecule has 1 saturated carbocycles. The number of esters is 1. The van der Waals surface area contributed by atoms with Gasteiger partial charge in [0.05, 0.1) is 18.1 Å². The normalized spacial score (nSPS) is 18.0. The van der Waals surface area contributed by atoms with Crippen LogP contribution in [0.4, 0.5) is 5.82 Å².